The maximum absolute atomic E-state index is 13.2. The van der Waals surface area contributed by atoms with E-state index in [1.165, 1.54) is 12.1 Å². The van der Waals surface area contributed by atoms with E-state index >= 15 is 0 Å². The van der Waals surface area contributed by atoms with E-state index in [1.807, 2.05) is 7.05 Å². The fourth-order valence-electron chi connectivity index (χ4n) is 1.34. The molecule has 1 aromatic carbocycles. The molecular formula is C11H11ClFN3O. The molecule has 0 unspecified atom stereocenters. The Kier molecular flexibility index (Phi) is 3.71. The molecule has 0 saturated heterocycles. The van der Waals surface area contributed by atoms with E-state index in [4.69, 9.17) is 16.1 Å². The molecule has 0 radical (unpaired) electrons. The normalized spacial score (nSPS) is 10.8. The number of nitrogens with one attached hydrogen (secondary N) is 1. The van der Waals surface area contributed by atoms with Crippen molar-refractivity contribution in [3.8, 4) is 11.5 Å². The van der Waals surface area contributed by atoms with Crippen molar-refractivity contribution in [3.63, 3.8) is 0 Å². The van der Waals surface area contributed by atoms with Gasteiger partial charge in [0.05, 0.1) is 5.02 Å². The van der Waals surface area contributed by atoms with Crippen molar-refractivity contribution in [1.29, 1.82) is 0 Å². The van der Waals surface area contributed by atoms with Gasteiger partial charge < -0.3 is 9.84 Å². The molecule has 2 rings (SSSR count). The van der Waals surface area contributed by atoms with Gasteiger partial charge in [-0.2, -0.15) is 4.98 Å². The third-order valence-electron chi connectivity index (χ3n) is 2.23. The highest BCUT2D eigenvalue weighted by molar-refractivity contribution is 6.30. The Balaban J connectivity index is 2.21. The zero-order valence-electron chi connectivity index (χ0n) is 9.20. The summed E-state index contributed by atoms with van der Waals surface area (Å²) in [5, 5.41) is 6.86. The van der Waals surface area contributed by atoms with Gasteiger partial charge in [0.2, 0.25) is 0 Å². The van der Waals surface area contributed by atoms with Gasteiger partial charge in [-0.3, -0.25) is 0 Å². The lowest BCUT2D eigenvalue weighted by Gasteiger charge is -1.96. The van der Waals surface area contributed by atoms with Gasteiger partial charge in [-0.1, -0.05) is 16.8 Å². The van der Waals surface area contributed by atoms with Gasteiger partial charge >= 0.3 is 0 Å². The van der Waals surface area contributed by atoms with Gasteiger partial charge in [-0.15, -0.1) is 0 Å². The first-order chi connectivity index (χ1) is 8.20. The summed E-state index contributed by atoms with van der Waals surface area (Å²) in [6.07, 6.45) is 0.663. The third-order valence-corrected chi connectivity index (χ3v) is 2.54. The van der Waals surface area contributed by atoms with Crippen molar-refractivity contribution in [1.82, 2.24) is 15.5 Å². The molecule has 0 spiro atoms. The second-order valence-electron chi connectivity index (χ2n) is 3.50. The number of aromatic nitrogens is 2. The minimum Gasteiger partial charge on any atom is -0.334 e. The molecule has 90 valence electrons. The van der Waals surface area contributed by atoms with Crippen LogP contribution in [-0.4, -0.2) is 23.7 Å². The molecule has 4 nitrogen and oxygen atoms in total. The average Bonchev–Trinajstić information content (AvgIpc) is 2.79. The smallest absolute Gasteiger partial charge is 0.258 e. The van der Waals surface area contributed by atoms with Crippen LogP contribution in [0.2, 0.25) is 5.02 Å². The lowest BCUT2D eigenvalue weighted by molar-refractivity contribution is 0.422. The van der Waals surface area contributed by atoms with Crippen LogP contribution in [0.5, 0.6) is 0 Å². The molecule has 2 aromatic rings. The highest BCUT2D eigenvalue weighted by Gasteiger charge is 2.10. The van der Waals surface area contributed by atoms with Crippen LogP contribution in [0.1, 0.15) is 5.82 Å². The zero-order chi connectivity index (χ0) is 12.3. The lowest BCUT2D eigenvalue weighted by Crippen LogP contribution is -2.10. The second-order valence-corrected chi connectivity index (χ2v) is 3.91. The largest absolute Gasteiger partial charge is 0.334 e. The van der Waals surface area contributed by atoms with Gasteiger partial charge in [0, 0.05) is 18.5 Å². The number of rotatable bonds is 4. The van der Waals surface area contributed by atoms with Crippen molar-refractivity contribution in [2.45, 2.75) is 6.42 Å². The Morgan fingerprint density at radius 1 is 1.47 bits per heavy atom. The number of benzene rings is 1. The second kappa shape index (κ2) is 5.25. The number of hydrogen-bond acceptors (Lipinski definition) is 4. The fourth-order valence-corrected chi connectivity index (χ4v) is 1.46. The van der Waals surface area contributed by atoms with Crippen LogP contribution in [0.3, 0.4) is 0 Å². The first-order valence-electron chi connectivity index (χ1n) is 5.13. The molecule has 1 N–H and O–H groups in total. The molecule has 1 heterocycles. The number of nitrogens with zero attached hydrogens (tertiary/aromatic N) is 2. The quantitative estimate of drug-likeness (QED) is 0.911. The topological polar surface area (TPSA) is 51.0 Å². The van der Waals surface area contributed by atoms with Crippen LogP contribution in [-0.2, 0) is 6.42 Å². The molecule has 0 aliphatic carbocycles. The predicted octanol–water partition coefficient (Wildman–Crippen LogP) is 2.29. The van der Waals surface area contributed by atoms with Gasteiger partial charge in [-0.25, -0.2) is 4.39 Å². The SMILES string of the molecule is CNCCc1noc(-c2ccc(Cl)c(F)c2)n1. The molecule has 0 aliphatic rings. The van der Waals surface area contributed by atoms with E-state index < -0.39 is 5.82 Å². The van der Waals surface area contributed by atoms with Gasteiger partial charge in [0.1, 0.15) is 5.82 Å². The fraction of sp³-hybridized carbons (Fsp3) is 0.273. The van der Waals surface area contributed by atoms with Crippen molar-refractivity contribution < 1.29 is 8.91 Å². The van der Waals surface area contributed by atoms with Crippen LogP contribution in [0.4, 0.5) is 4.39 Å². The Morgan fingerprint density at radius 3 is 3.00 bits per heavy atom. The molecule has 6 heteroatoms. The zero-order valence-corrected chi connectivity index (χ0v) is 9.96. The maximum Gasteiger partial charge on any atom is 0.258 e. The van der Waals surface area contributed by atoms with Crippen LogP contribution < -0.4 is 5.32 Å². The first-order valence-corrected chi connectivity index (χ1v) is 5.51. The van der Waals surface area contributed by atoms with Crippen LogP contribution in [0.15, 0.2) is 22.7 Å². The Morgan fingerprint density at radius 2 is 2.29 bits per heavy atom. The number of hydrogen-bond donors (Lipinski definition) is 1. The Hall–Kier alpha value is -1.46. The lowest BCUT2D eigenvalue weighted by atomic mass is 10.2. The third kappa shape index (κ3) is 2.81. The van der Waals surface area contributed by atoms with E-state index in [1.54, 1.807) is 6.07 Å². The van der Waals surface area contributed by atoms with Crippen LogP contribution in [0, 0.1) is 5.82 Å². The molecule has 0 aliphatic heterocycles. The van der Waals surface area contributed by atoms with Gasteiger partial charge in [0.25, 0.3) is 5.89 Å². The van der Waals surface area contributed by atoms with Crippen molar-refractivity contribution in [3.05, 3.63) is 34.9 Å². The number of likely N-dealkylation sites (N-methyl/N-ethyl adjacent to an activating group) is 1. The minimum absolute atomic E-state index is 0.0728. The molecule has 1 aromatic heterocycles. The van der Waals surface area contributed by atoms with Gasteiger partial charge in [0.15, 0.2) is 5.82 Å². The van der Waals surface area contributed by atoms with Crippen molar-refractivity contribution >= 4 is 11.6 Å². The van der Waals surface area contributed by atoms with Crippen LogP contribution >= 0.6 is 11.6 Å². The Bertz CT molecular complexity index is 515. The summed E-state index contributed by atoms with van der Waals surface area (Å²) in [7, 11) is 1.84. The molecule has 0 saturated carbocycles. The standard InChI is InChI=1S/C11H11ClFN3O/c1-14-5-4-10-15-11(17-16-10)7-2-3-8(12)9(13)6-7/h2-3,6,14H,4-5H2,1H3. The predicted molar refractivity (Wildman–Crippen MR) is 62.3 cm³/mol. The molecular weight excluding hydrogens is 245 g/mol. The average molecular weight is 256 g/mol. The minimum atomic E-state index is -0.501. The molecule has 0 fully saturated rings. The van der Waals surface area contributed by atoms with E-state index in [0.717, 1.165) is 6.54 Å². The summed E-state index contributed by atoms with van der Waals surface area (Å²) in [5.41, 5.74) is 0.523. The van der Waals surface area contributed by atoms with Gasteiger partial charge in [-0.05, 0) is 25.2 Å². The number of halogens is 2. The summed E-state index contributed by atoms with van der Waals surface area (Å²) in [5.74, 6) is 0.385. The summed E-state index contributed by atoms with van der Waals surface area (Å²) in [4.78, 5) is 4.16. The molecule has 0 amide bonds. The van der Waals surface area contributed by atoms with E-state index in [0.29, 0.717) is 23.7 Å². The monoisotopic (exact) mass is 255 g/mol. The summed E-state index contributed by atoms with van der Waals surface area (Å²) in [6.45, 7) is 0.758. The maximum atomic E-state index is 13.2. The van der Waals surface area contributed by atoms with E-state index in [-0.39, 0.29) is 5.02 Å². The van der Waals surface area contributed by atoms with Crippen molar-refractivity contribution in [2.24, 2.45) is 0 Å². The highest BCUT2D eigenvalue weighted by Crippen LogP contribution is 2.22. The molecule has 0 atom stereocenters. The summed E-state index contributed by atoms with van der Waals surface area (Å²) in [6, 6.07) is 4.38. The van der Waals surface area contributed by atoms with E-state index in [2.05, 4.69) is 15.5 Å². The van der Waals surface area contributed by atoms with Crippen LogP contribution in [0.25, 0.3) is 11.5 Å². The van der Waals surface area contributed by atoms with Crippen molar-refractivity contribution in [2.75, 3.05) is 13.6 Å². The molecule has 17 heavy (non-hydrogen) atoms. The Labute approximate surface area is 103 Å². The highest BCUT2D eigenvalue weighted by atomic mass is 35.5. The molecule has 0 bridgehead atoms. The summed E-state index contributed by atoms with van der Waals surface area (Å²) >= 11 is 5.59. The summed E-state index contributed by atoms with van der Waals surface area (Å²) < 4.78 is 18.3. The first kappa shape index (κ1) is 12.0. The van der Waals surface area contributed by atoms with E-state index in [9.17, 15) is 4.39 Å².